The Hall–Kier alpha value is -2.09. The van der Waals surface area contributed by atoms with Crippen LogP contribution in [0.5, 0.6) is 0 Å². The van der Waals surface area contributed by atoms with Crippen molar-refractivity contribution >= 4 is 40.8 Å². The lowest BCUT2D eigenvalue weighted by atomic mass is 9.92. The van der Waals surface area contributed by atoms with Crippen molar-refractivity contribution in [1.29, 1.82) is 0 Å². The molecule has 8 heteroatoms. The quantitative estimate of drug-likeness (QED) is 0.795. The van der Waals surface area contributed by atoms with Gasteiger partial charge in [-0.1, -0.05) is 0 Å². The lowest BCUT2D eigenvalue weighted by Crippen LogP contribution is -2.42. The summed E-state index contributed by atoms with van der Waals surface area (Å²) in [6, 6.07) is 8.24. The van der Waals surface area contributed by atoms with Gasteiger partial charge in [-0.25, -0.2) is 0 Å². The van der Waals surface area contributed by atoms with Crippen LogP contribution in [0.25, 0.3) is 10.9 Å². The summed E-state index contributed by atoms with van der Waals surface area (Å²) in [5.74, 6) is 0.260. The second kappa shape index (κ2) is 9.61. The number of hydrogen-bond donors (Lipinski definition) is 2. The van der Waals surface area contributed by atoms with Crippen LogP contribution < -0.4 is 10.6 Å². The number of nitrogens with zero attached hydrogens (tertiary/aromatic N) is 2. The van der Waals surface area contributed by atoms with Crippen molar-refractivity contribution in [3.8, 4) is 0 Å². The molecule has 1 aromatic carbocycles. The van der Waals surface area contributed by atoms with Crippen LogP contribution in [-0.4, -0.2) is 60.2 Å². The van der Waals surface area contributed by atoms with Crippen molar-refractivity contribution in [3.05, 3.63) is 30.5 Å². The Kier molecular flexibility index (Phi) is 7.16. The number of nitrogens with one attached hydrogen (secondary N) is 2. The molecule has 2 aromatic rings. The van der Waals surface area contributed by atoms with Gasteiger partial charge in [0.05, 0.1) is 13.2 Å². The number of halogens is 1. The van der Waals surface area contributed by atoms with E-state index in [1.165, 1.54) is 0 Å². The highest BCUT2D eigenvalue weighted by molar-refractivity contribution is 5.95. The molecular formula is C21H29ClN4O3. The van der Waals surface area contributed by atoms with Gasteiger partial charge in [0.25, 0.3) is 0 Å². The van der Waals surface area contributed by atoms with E-state index < -0.39 is 0 Å². The third-order valence-electron chi connectivity index (χ3n) is 5.70. The second-order valence-electron chi connectivity index (χ2n) is 7.78. The maximum Gasteiger partial charge on any atom is 0.242 e. The van der Waals surface area contributed by atoms with E-state index in [0.717, 1.165) is 36.0 Å². The fraction of sp³-hybridized carbons (Fsp3) is 0.524. The van der Waals surface area contributed by atoms with Gasteiger partial charge in [-0.3, -0.25) is 9.59 Å². The number of rotatable bonds is 4. The first kappa shape index (κ1) is 21.6. The first-order valence-electron chi connectivity index (χ1n) is 10.1. The van der Waals surface area contributed by atoms with Gasteiger partial charge >= 0.3 is 0 Å². The molecule has 0 bridgehead atoms. The van der Waals surface area contributed by atoms with Gasteiger partial charge in [0.15, 0.2) is 0 Å². The number of anilines is 1. The summed E-state index contributed by atoms with van der Waals surface area (Å²) < 4.78 is 7.28. The highest BCUT2D eigenvalue weighted by atomic mass is 35.5. The normalized spacial score (nSPS) is 22.2. The largest absolute Gasteiger partial charge is 0.378 e. The Morgan fingerprint density at radius 1 is 1.24 bits per heavy atom. The van der Waals surface area contributed by atoms with Crippen molar-refractivity contribution < 1.29 is 14.3 Å². The maximum atomic E-state index is 12.6. The molecule has 0 radical (unpaired) electrons. The number of carbonyl (C=O) groups is 2. The predicted octanol–water partition coefficient (Wildman–Crippen LogP) is 2.25. The summed E-state index contributed by atoms with van der Waals surface area (Å²) in [6.45, 7) is 5.86. The molecule has 0 spiro atoms. The maximum absolute atomic E-state index is 12.6. The molecule has 0 aliphatic carbocycles. The minimum Gasteiger partial charge on any atom is -0.378 e. The fourth-order valence-electron chi connectivity index (χ4n) is 4.09. The number of aromatic nitrogens is 1. The van der Waals surface area contributed by atoms with E-state index in [1.54, 1.807) is 0 Å². The number of carbonyl (C=O) groups excluding carboxylic acids is 2. The van der Waals surface area contributed by atoms with Crippen molar-refractivity contribution in [1.82, 2.24) is 14.8 Å². The van der Waals surface area contributed by atoms with Gasteiger partial charge in [-0.05, 0) is 50.6 Å². The molecule has 2 aliphatic heterocycles. The van der Waals surface area contributed by atoms with Gasteiger partial charge < -0.3 is 24.8 Å². The van der Waals surface area contributed by atoms with Crippen LogP contribution in [0.2, 0.25) is 0 Å². The van der Waals surface area contributed by atoms with Crippen molar-refractivity contribution in [2.24, 2.45) is 5.92 Å². The van der Waals surface area contributed by atoms with E-state index in [-0.39, 0.29) is 30.1 Å². The molecule has 0 saturated carbocycles. The molecule has 7 nitrogen and oxygen atoms in total. The molecular weight excluding hydrogens is 392 g/mol. The third-order valence-corrected chi connectivity index (χ3v) is 5.70. The number of amides is 2. The van der Waals surface area contributed by atoms with Crippen LogP contribution in [0.3, 0.4) is 0 Å². The van der Waals surface area contributed by atoms with Gasteiger partial charge in [0, 0.05) is 47.8 Å². The molecule has 158 valence electrons. The smallest absolute Gasteiger partial charge is 0.242 e. The molecule has 29 heavy (non-hydrogen) atoms. The van der Waals surface area contributed by atoms with Gasteiger partial charge in [0.2, 0.25) is 11.8 Å². The first-order valence-corrected chi connectivity index (χ1v) is 10.1. The van der Waals surface area contributed by atoms with Crippen LogP contribution in [0, 0.1) is 5.92 Å². The number of fused-ring (bicyclic) bond motifs is 1. The molecule has 1 aromatic heterocycles. The van der Waals surface area contributed by atoms with E-state index in [9.17, 15) is 9.59 Å². The minimum absolute atomic E-state index is 0. The Balaban J connectivity index is 0.00000240. The summed E-state index contributed by atoms with van der Waals surface area (Å²) in [5.41, 5.74) is 1.80. The van der Waals surface area contributed by atoms with Crippen LogP contribution in [0.15, 0.2) is 30.5 Å². The molecule has 2 amide bonds. The SMILES string of the molecule is C[C@H]1C[C@@H](C(=O)Nc2ccc3c(ccn3CC(=O)N3CCOCC3)c2)CCN1.Cl. The number of hydrogen-bond acceptors (Lipinski definition) is 4. The number of benzene rings is 1. The first-order chi connectivity index (χ1) is 13.6. The Labute approximate surface area is 177 Å². The average molecular weight is 421 g/mol. The number of piperidine rings is 1. The zero-order valence-electron chi connectivity index (χ0n) is 16.7. The number of morpholine rings is 1. The molecule has 0 unspecified atom stereocenters. The van der Waals surface area contributed by atoms with Gasteiger partial charge in [0.1, 0.15) is 6.54 Å². The van der Waals surface area contributed by atoms with Crippen molar-refractivity contribution in [3.63, 3.8) is 0 Å². The van der Waals surface area contributed by atoms with Gasteiger partial charge in [-0.2, -0.15) is 0 Å². The zero-order valence-corrected chi connectivity index (χ0v) is 17.5. The molecule has 2 fully saturated rings. The Morgan fingerprint density at radius 2 is 2.03 bits per heavy atom. The van der Waals surface area contributed by atoms with Crippen LogP contribution in [0.4, 0.5) is 5.69 Å². The van der Waals surface area contributed by atoms with E-state index in [0.29, 0.717) is 38.9 Å². The van der Waals surface area contributed by atoms with Gasteiger partial charge in [-0.15, -0.1) is 12.4 Å². The van der Waals surface area contributed by atoms with Crippen LogP contribution in [-0.2, 0) is 20.9 Å². The molecule has 2 atom stereocenters. The second-order valence-corrected chi connectivity index (χ2v) is 7.78. The predicted molar refractivity (Wildman–Crippen MR) is 115 cm³/mol. The Bertz CT molecular complexity index is 863. The fourth-order valence-corrected chi connectivity index (χ4v) is 4.09. The monoisotopic (exact) mass is 420 g/mol. The summed E-state index contributed by atoms with van der Waals surface area (Å²) in [7, 11) is 0. The van der Waals surface area contributed by atoms with E-state index in [1.807, 2.05) is 39.9 Å². The number of ether oxygens (including phenoxy) is 1. The highest BCUT2D eigenvalue weighted by Crippen LogP contribution is 2.23. The van der Waals surface area contributed by atoms with Crippen LogP contribution in [0.1, 0.15) is 19.8 Å². The lowest BCUT2D eigenvalue weighted by molar-refractivity contribution is -0.135. The van der Waals surface area contributed by atoms with Crippen molar-refractivity contribution in [2.75, 3.05) is 38.2 Å². The summed E-state index contributed by atoms with van der Waals surface area (Å²) in [4.78, 5) is 26.9. The molecule has 3 heterocycles. The van der Waals surface area contributed by atoms with E-state index in [2.05, 4.69) is 17.6 Å². The van der Waals surface area contributed by atoms with E-state index >= 15 is 0 Å². The summed E-state index contributed by atoms with van der Waals surface area (Å²) in [5, 5.41) is 7.46. The topological polar surface area (TPSA) is 75.6 Å². The third kappa shape index (κ3) is 5.10. The minimum atomic E-state index is 0. The molecule has 2 aliphatic rings. The van der Waals surface area contributed by atoms with Crippen molar-refractivity contribution in [2.45, 2.75) is 32.4 Å². The van der Waals surface area contributed by atoms with E-state index in [4.69, 9.17) is 4.74 Å². The zero-order chi connectivity index (χ0) is 19.5. The highest BCUT2D eigenvalue weighted by Gasteiger charge is 2.24. The average Bonchev–Trinajstić information content (AvgIpc) is 3.10. The molecule has 2 N–H and O–H groups in total. The lowest BCUT2D eigenvalue weighted by Gasteiger charge is -2.27. The molecule has 2 saturated heterocycles. The summed E-state index contributed by atoms with van der Waals surface area (Å²) in [6.07, 6.45) is 3.68. The standard InChI is InChI=1S/C21H28N4O3.ClH/c1-15-12-17(4-6-22-15)21(27)23-18-2-3-19-16(13-18)5-7-25(19)14-20(26)24-8-10-28-11-9-24;/h2-3,5,7,13,15,17,22H,4,6,8-12,14H2,1H3,(H,23,27);1H/t15-,17-;/m0./s1. The summed E-state index contributed by atoms with van der Waals surface area (Å²) >= 11 is 0. The van der Waals surface area contributed by atoms with Crippen LogP contribution >= 0.6 is 12.4 Å². The Morgan fingerprint density at radius 3 is 2.79 bits per heavy atom. The molecule has 4 rings (SSSR count).